The van der Waals surface area contributed by atoms with Crippen molar-refractivity contribution in [2.45, 2.75) is 31.4 Å². The highest BCUT2D eigenvalue weighted by Crippen LogP contribution is 2.24. The second-order valence-electron chi connectivity index (χ2n) is 4.84. The number of carbonyl (C=O) groups excluding carboxylic acids is 1. The van der Waals surface area contributed by atoms with E-state index in [0.717, 1.165) is 18.6 Å². The highest BCUT2D eigenvalue weighted by atomic mass is 19.1. The molecule has 2 rings (SSSR count). The van der Waals surface area contributed by atoms with Crippen molar-refractivity contribution in [3.05, 3.63) is 29.3 Å². The Bertz CT molecular complexity index is 560. The maximum absolute atomic E-state index is 13.7. The summed E-state index contributed by atoms with van der Waals surface area (Å²) in [6.07, 6.45) is 6.37. The Hall–Kier alpha value is -2.13. The van der Waals surface area contributed by atoms with Crippen LogP contribution in [0.3, 0.4) is 0 Å². The van der Waals surface area contributed by atoms with Crippen LogP contribution in [0, 0.1) is 24.0 Å². The van der Waals surface area contributed by atoms with Gasteiger partial charge in [0.2, 0.25) is 0 Å². The zero-order valence-corrected chi connectivity index (χ0v) is 11.2. The summed E-state index contributed by atoms with van der Waals surface area (Å²) in [6.45, 7) is -0.270. The van der Waals surface area contributed by atoms with Crippen molar-refractivity contribution < 1.29 is 23.4 Å². The van der Waals surface area contributed by atoms with E-state index in [9.17, 15) is 18.7 Å². The minimum Gasteiger partial charge on any atom is -0.475 e. The Balaban J connectivity index is 2.13. The molecule has 112 valence electrons. The lowest BCUT2D eigenvalue weighted by Crippen LogP contribution is -2.39. The fraction of sp³-hybridized carbons (Fsp3) is 0.400. The summed E-state index contributed by atoms with van der Waals surface area (Å²) in [5.74, 6) is -1.14. The Morgan fingerprint density at radius 1 is 1.43 bits per heavy atom. The minimum absolute atomic E-state index is 0.169. The van der Waals surface area contributed by atoms with Gasteiger partial charge in [-0.2, -0.15) is 0 Å². The Morgan fingerprint density at radius 2 is 2.10 bits per heavy atom. The number of hydrogen-bond donors (Lipinski definition) is 2. The largest absolute Gasteiger partial charge is 0.475 e. The van der Waals surface area contributed by atoms with Crippen LogP contribution in [-0.4, -0.2) is 29.8 Å². The molecule has 6 heteroatoms. The number of terminal acetylenes is 1. The van der Waals surface area contributed by atoms with E-state index >= 15 is 0 Å². The fourth-order valence-corrected chi connectivity index (χ4v) is 2.30. The van der Waals surface area contributed by atoms with Crippen molar-refractivity contribution in [3.63, 3.8) is 0 Å². The fourth-order valence-electron chi connectivity index (χ4n) is 2.30. The molecule has 4 nitrogen and oxygen atoms in total. The van der Waals surface area contributed by atoms with E-state index in [2.05, 4.69) is 11.2 Å². The molecule has 2 atom stereocenters. The zero-order chi connectivity index (χ0) is 15.4. The molecule has 0 aromatic heterocycles. The number of benzene rings is 1. The number of halogens is 2. The van der Waals surface area contributed by atoms with E-state index in [1.807, 2.05) is 0 Å². The molecule has 0 saturated heterocycles. The van der Waals surface area contributed by atoms with Crippen molar-refractivity contribution in [3.8, 4) is 18.1 Å². The highest BCUT2D eigenvalue weighted by Gasteiger charge is 2.27. The van der Waals surface area contributed by atoms with Gasteiger partial charge in [-0.1, -0.05) is 5.92 Å². The second kappa shape index (κ2) is 6.55. The molecule has 0 aliphatic heterocycles. The monoisotopic (exact) mass is 295 g/mol. The number of hydrogen-bond acceptors (Lipinski definition) is 3. The van der Waals surface area contributed by atoms with Gasteiger partial charge in [-0.05, 0) is 31.4 Å². The van der Waals surface area contributed by atoms with Crippen molar-refractivity contribution in [2.24, 2.45) is 0 Å². The van der Waals surface area contributed by atoms with E-state index in [0.29, 0.717) is 12.8 Å². The molecule has 1 aliphatic rings. The Morgan fingerprint density at radius 3 is 2.62 bits per heavy atom. The first-order valence-electron chi connectivity index (χ1n) is 6.57. The molecule has 1 aromatic carbocycles. The first kappa shape index (κ1) is 15.3. The van der Waals surface area contributed by atoms with Crippen LogP contribution >= 0.6 is 0 Å². The van der Waals surface area contributed by atoms with Gasteiger partial charge in [0.15, 0.2) is 17.4 Å². The molecular weight excluding hydrogens is 280 g/mol. The maximum atomic E-state index is 13.7. The lowest BCUT2D eigenvalue weighted by Gasteiger charge is -2.16. The van der Waals surface area contributed by atoms with Gasteiger partial charge >= 0.3 is 0 Å². The van der Waals surface area contributed by atoms with Gasteiger partial charge in [-0.3, -0.25) is 4.79 Å². The van der Waals surface area contributed by atoms with Crippen molar-refractivity contribution in [2.75, 3.05) is 6.61 Å². The summed E-state index contributed by atoms with van der Waals surface area (Å²) < 4.78 is 32.2. The van der Waals surface area contributed by atoms with Crippen molar-refractivity contribution in [1.29, 1.82) is 0 Å². The van der Waals surface area contributed by atoms with Crippen LogP contribution < -0.4 is 10.1 Å². The summed E-state index contributed by atoms with van der Waals surface area (Å²) in [5, 5.41) is 12.2. The van der Waals surface area contributed by atoms with Crippen LogP contribution in [0.15, 0.2) is 12.1 Å². The predicted molar refractivity (Wildman–Crippen MR) is 71.8 cm³/mol. The summed E-state index contributed by atoms with van der Waals surface area (Å²) in [7, 11) is 0. The lowest BCUT2D eigenvalue weighted by atomic mass is 10.1. The van der Waals surface area contributed by atoms with Crippen molar-refractivity contribution >= 4 is 5.91 Å². The summed E-state index contributed by atoms with van der Waals surface area (Å²) >= 11 is 0. The minimum atomic E-state index is -0.998. The summed E-state index contributed by atoms with van der Waals surface area (Å²) in [4.78, 5) is 11.9. The molecule has 2 unspecified atom stereocenters. The average Bonchev–Trinajstić information content (AvgIpc) is 2.83. The zero-order valence-electron chi connectivity index (χ0n) is 11.2. The molecule has 1 aliphatic carbocycles. The molecule has 0 bridgehead atoms. The van der Waals surface area contributed by atoms with Crippen LogP contribution in [0.5, 0.6) is 5.75 Å². The van der Waals surface area contributed by atoms with E-state index in [-0.39, 0.29) is 18.2 Å². The summed E-state index contributed by atoms with van der Waals surface area (Å²) in [5.41, 5.74) is -0.169. The third kappa shape index (κ3) is 3.50. The Kier molecular flexibility index (Phi) is 4.76. The molecule has 1 amide bonds. The molecular formula is C15H15F2NO3. The molecule has 0 spiro atoms. The van der Waals surface area contributed by atoms with E-state index in [1.54, 1.807) is 0 Å². The van der Waals surface area contributed by atoms with Gasteiger partial charge in [0, 0.05) is 5.56 Å². The number of aliphatic hydroxyl groups excluding tert-OH is 1. The standard InChI is InChI=1S/C15H15F2NO3/c1-2-6-21-14-10(16)7-9(8-11(14)17)15(20)18-12-4-3-5-13(12)19/h1,7-8,12-13,19H,3-6H2,(H,18,20). The third-order valence-electron chi connectivity index (χ3n) is 3.36. The van der Waals surface area contributed by atoms with Crippen molar-refractivity contribution in [1.82, 2.24) is 5.32 Å². The lowest BCUT2D eigenvalue weighted by molar-refractivity contribution is 0.0872. The van der Waals surface area contributed by atoms with Crippen LogP contribution in [-0.2, 0) is 0 Å². The quantitative estimate of drug-likeness (QED) is 0.830. The molecule has 1 aromatic rings. The van der Waals surface area contributed by atoms with Gasteiger partial charge in [0.05, 0.1) is 12.1 Å². The number of ether oxygens (including phenoxy) is 1. The van der Waals surface area contributed by atoms with E-state index in [4.69, 9.17) is 11.2 Å². The molecule has 21 heavy (non-hydrogen) atoms. The van der Waals surface area contributed by atoms with Gasteiger partial charge in [0.1, 0.15) is 6.61 Å². The highest BCUT2D eigenvalue weighted by molar-refractivity contribution is 5.94. The Labute approximate surface area is 121 Å². The van der Waals surface area contributed by atoms with Gasteiger partial charge in [-0.25, -0.2) is 8.78 Å². The summed E-state index contributed by atoms with van der Waals surface area (Å²) in [6, 6.07) is 1.37. The SMILES string of the molecule is C#CCOc1c(F)cc(C(=O)NC2CCCC2O)cc1F. The van der Waals surface area contributed by atoms with E-state index < -0.39 is 29.4 Å². The number of nitrogens with one attached hydrogen (secondary N) is 1. The van der Waals surface area contributed by atoms with Crippen LogP contribution in [0.25, 0.3) is 0 Å². The second-order valence-corrected chi connectivity index (χ2v) is 4.84. The molecule has 1 saturated carbocycles. The van der Waals surface area contributed by atoms with Crippen LogP contribution in [0.1, 0.15) is 29.6 Å². The number of rotatable bonds is 4. The van der Waals surface area contributed by atoms with Gasteiger partial charge < -0.3 is 15.2 Å². The van der Waals surface area contributed by atoms with Gasteiger partial charge in [0.25, 0.3) is 5.91 Å². The predicted octanol–water partition coefficient (Wildman–Crippen LogP) is 1.62. The number of carbonyl (C=O) groups is 1. The first-order chi connectivity index (χ1) is 10.0. The molecule has 1 fully saturated rings. The van der Waals surface area contributed by atoms with Crippen LogP contribution in [0.4, 0.5) is 8.78 Å². The topological polar surface area (TPSA) is 58.6 Å². The van der Waals surface area contributed by atoms with Crippen LogP contribution in [0.2, 0.25) is 0 Å². The smallest absolute Gasteiger partial charge is 0.251 e. The molecule has 0 heterocycles. The molecule has 2 N–H and O–H groups in total. The molecule has 0 radical (unpaired) electrons. The first-order valence-corrected chi connectivity index (χ1v) is 6.57. The van der Waals surface area contributed by atoms with Gasteiger partial charge in [-0.15, -0.1) is 6.42 Å². The maximum Gasteiger partial charge on any atom is 0.251 e. The third-order valence-corrected chi connectivity index (χ3v) is 3.36. The number of amides is 1. The number of aliphatic hydroxyl groups is 1. The average molecular weight is 295 g/mol. The van der Waals surface area contributed by atoms with E-state index in [1.165, 1.54) is 0 Å². The normalized spacial score (nSPS) is 20.9.